The smallest absolute Gasteiger partial charge is 0.265 e. The molecular weight excluding hydrogens is 206 g/mol. The molecule has 0 spiro atoms. The highest BCUT2D eigenvalue weighted by Crippen LogP contribution is 2.23. The van der Waals surface area contributed by atoms with Crippen LogP contribution in [0.1, 0.15) is 12.0 Å². The fourth-order valence-electron chi connectivity index (χ4n) is 1.56. The summed E-state index contributed by atoms with van der Waals surface area (Å²) in [6.45, 7) is 1.88. The van der Waals surface area contributed by atoms with Crippen molar-refractivity contribution < 1.29 is 9.59 Å². The second-order valence-electron chi connectivity index (χ2n) is 3.58. The Bertz CT molecular complexity index is 494. The van der Waals surface area contributed by atoms with Gasteiger partial charge in [0.05, 0.1) is 12.1 Å². The molecule has 2 amide bonds. The quantitative estimate of drug-likeness (QED) is 0.786. The van der Waals surface area contributed by atoms with Gasteiger partial charge in [-0.15, -0.1) is 0 Å². The second-order valence-corrected chi connectivity index (χ2v) is 3.58. The zero-order valence-corrected chi connectivity index (χ0v) is 8.80. The van der Waals surface area contributed by atoms with E-state index in [2.05, 4.69) is 5.10 Å². The van der Waals surface area contributed by atoms with Crippen LogP contribution >= 0.6 is 0 Å². The molecule has 5 heteroatoms. The standard InChI is InChI=1S/C11H11N3O2/c1-7-4-2-3-5-9(7)14-10(15)6-8(13-14)11(12)16/h2-5H,6H2,1H3,(H2,12,16). The first kappa shape index (κ1) is 10.4. The third kappa shape index (κ3) is 1.67. The van der Waals surface area contributed by atoms with E-state index >= 15 is 0 Å². The first-order valence-corrected chi connectivity index (χ1v) is 4.85. The van der Waals surface area contributed by atoms with E-state index in [9.17, 15) is 9.59 Å². The van der Waals surface area contributed by atoms with Gasteiger partial charge in [-0.3, -0.25) is 9.59 Å². The monoisotopic (exact) mass is 217 g/mol. The molecule has 0 saturated carbocycles. The summed E-state index contributed by atoms with van der Waals surface area (Å²) in [7, 11) is 0. The van der Waals surface area contributed by atoms with Crippen LogP contribution in [0.25, 0.3) is 0 Å². The Morgan fingerprint density at radius 2 is 2.12 bits per heavy atom. The van der Waals surface area contributed by atoms with Crippen LogP contribution in [0.2, 0.25) is 0 Å². The number of hydrogen-bond acceptors (Lipinski definition) is 3. The fourth-order valence-corrected chi connectivity index (χ4v) is 1.56. The zero-order valence-electron chi connectivity index (χ0n) is 8.80. The average molecular weight is 217 g/mol. The van der Waals surface area contributed by atoms with Gasteiger partial charge in [0, 0.05) is 0 Å². The molecule has 16 heavy (non-hydrogen) atoms. The highest BCUT2D eigenvalue weighted by atomic mass is 16.2. The molecule has 0 radical (unpaired) electrons. The first-order valence-electron chi connectivity index (χ1n) is 4.85. The van der Waals surface area contributed by atoms with Crippen LogP contribution in [0.4, 0.5) is 5.69 Å². The summed E-state index contributed by atoms with van der Waals surface area (Å²) in [5.41, 5.74) is 6.80. The Hall–Kier alpha value is -2.17. The van der Waals surface area contributed by atoms with Gasteiger partial charge in [-0.25, -0.2) is 0 Å². The lowest BCUT2D eigenvalue weighted by Gasteiger charge is -2.13. The number of hydrogen-bond donors (Lipinski definition) is 1. The SMILES string of the molecule is Cc1ccccc1N1N=C(C(N)=O)CC1=O. The van der Waals surface area contributed by atoms with Gasteiger partial charge < -0.3 is 5.73 Å². The Balaban J connectivity index is 2.39. The van der Waals surface area contributed by atoms with Crippen molar-refractivity contribution in [2.24, 2.45) is 10.8 Å². The van der Waals surface area contributed by atoms with Gasteiger partial charge in [-0.05, 0) is 18.6 Å². The summed E-state index contributed by atoms with van der Waals surface area (Å²) in [6.07, 6.45) is -0.0241. The van der Waals surface area contributed by atoms with Crippen LogP contribution in [-0.4, -0.2) is 17.5 Å². The van der Waals surface area contributed by atoms with E-state index < -0.39 is 5.91 Å². The normalized spacial score (nSPS) is 15.2. The molecule has 1 aromatic rings. The molecule has 2 N–H and O–H groups in total. The van der Waals surface area contributed by atoms with Gasteiger partial charge in [-0.1, -0.05) is 18.2 Å². The summed E-state index contributed by atoms with van der Waals surface area (Å²) in [5, 5.41) is 5.16. The number of nitrogens with two attached hydrogens (primary N) is 1. The van der Waals surface area contributed by atoms with Crippen molar-refractivity contribution in [3.8, 4) is 0 Å². The van der Waals surface area contributed by atoms with Crippen LogP contribution in [0, 0.1) is 6.92 Å². The molecule has 1 aliphatic heterocycles. The molecule has 0 saturated heterocycles. The van der Waals surface area contributed by atoms with Gasteiger partial charge in [0.1, 0.15) is 5.71 Å². The van der Waals surface area contributed by atoms with E-state index in [-0.39, 0.29) is 18.0 Å². The molecule has 1 aliphatic rings. The third-order valence-corrected chi connectivity index (χ3v) is 2.40. The minimum Gasteiger partial charge on any atom is -0.364 e. The highest BCUT2D eigenvalue weighted by molar-refractivity contribution is 6.44. The maximum absolute atomic E-state index is 11.6. The van der Waals surface area contributed by atoms with Crippen LogP contribution in [-0.2, 0) is 9.59 Å². The predicted molar refractivity (Wildman–Crippen MR) is 59.9 cm³/mol. The van der Waals surface area contributed by atoms with Crippen LogP contribution < -0.4 is 10.7 Å². The molecule has 5 nitrogen and oxygen atoms in total. The lowest BCUT2D eigenvalue weighted by atomic mass is 10.2. The van der Waals surface area contributed by atoms with E-state index in [0.29, 0.717) is 5.69 Å². The Morgan fingerprint density at radius 1 is 1.44 bits per heavy atom. The van der Waals surface area contributed by atoms with Crippen molar-refractivity contribution in [1.29, 1.82) is 0 Å². The van der Waals surface area contributed by atoms with Crippen molar-refractivity contribution in [3.05, 3.63) is 29.8 Å². The number of rotatable bonds is 2. The molecule has 0 unspecified atom stereocenters. The lowest BCUT2D eigenvalue weighted by molar-refractivity contribution is -0.117. The van der Waals surface area contributed by atoms with Gasteiger partial charge in [0.25, 0.3) is 11.8 Å². The summed E-state index contributed by atoms with van der Waals surface area (Å²) in [5.74, 6) is -0.882. The number of carbonyl (C=O) groups excluding carboxylic acids is 2. The summed E-state index contributed by atoms with van der Waals surface area (Å²) < 4.78 is 0. The molecule has 0 aliphatic carbocycles. The molecule has 82 valence electrons. The van der Waals surface area contributed by atoms with Crippen molar-refractivity contribution in [2.75, 3.05) is 5.01 Å². The fraction of sp³-hybridized carbons (Fsp3) is 0.182. The van der Waals surface area contributed by atoms with Gasteiger partial charge in [0.2, 0.25) is 0 Å². The molecule has 2 rings (SSSR count). The Labute approximate surface area is 92.5 Å². The summed E-state index contributed by atoms with van der Waals surface area (Å²) in [6, 6.07) is 7.34. The van der Waals surface area contributed by atoms with Crippen molar-refractivity contribution in [2.45, 2.75) is 13.3 Å². The number of carbonyl (C=O) groups is 2. The lowest BCUT2D eigenvalue weighted by Crippen LogP contribution is -2.22. The number of benzene rings is 1. The number of primary amides is 1. The van der Waals surface area contributed by atoms with E-state index in [1.54, 1.807) is 6.07 Å². The third-order valence-electron chi connectivity index (χ3n) is 2.40. The predicted octanol–water partition coefficient (Wildman–Crippen LogP) is 0.573. The molecule has 0 bridgehead atoms. The zero-order chi connectivity index (χ0) is 11.7. The minimum absolute atomic E-state index is 0.0241. The van der Waals surface area contributed by atoms with Crippen molar-refractivity contribution >= 4 is 23.2 Å². The second kappa shape index (κ2) is 3.77. The molecular formula is C11H11N3O2. The van der Waals surface area contributed by atoms with Crippen LogP contribution in [0.15, 0.2) is 29.4 Å². The van der Waals surface area contributed by atoms with E-state index in [0.717, 1.165) is 5.56 Å². The Kier molecular flexibility index (Phi) is 2.44. The number of amides is 2. The first-order chi connectivity index (χ1) is 7.59. The number of hydrazone groups is 1. The van der Waals surface area contributed by atoms with E-state index in [1.807, 2.05) is 25.1 Å². The van der Waals surface area contributed by atoms with E-state index in [1.165, 1.54) is 5.01 Å². The van der Waals surface area contributed by atoms with Crippen molar-refractivity contribution in [1.82, 2.24) is 0 Å². The Morgan fingerprint density at radius 3 is 2.69 bits per heavy atom. The highest BCUT2D eigenvalue weighted by Gasteiger charge is 2.28. The molecule has 0 fully saturated rings. The number of nitrogens with zero attached hydrogens (tertiary/aromatic N) is 2. The number of aryl methyl sites for hydroxylation is 1. The summed E-state index contributed by atoms with van der Waals surface area (Å²) in [4.78, 5) is 22.6. The number of para-hydroxylation sites is 1. The maximum Gasteiger partial charge on any atom is 0.265 e. The largest absolute Gasteiger partial charge is 0.364 e. The van der Waals surface area contributed by atoms with Crippen LogP contribution in [0.3, 0.4) is 0 Å². The average Bonchev–Trinajstić information content (AvgIpc) is 2.61. The molecule has 1 aromatic carbocycles. The number of anilines is 1. The molecule has 0 atom stereocenters. The molecule has 0 aromatic heterocycles. The summed E-state index contributed by atoms with van der Waals surface area (Å²) >= 11 is 0. The maximum atomic E-state index is 11.6. The van der Waals surface area contributed by atoms with E-state index in [4.69, 9.17) is 5.73 Å². The minimum atomic E-state index is -0.649. The molecule has 1 heterocycles. The van der Waals surface area contributed by atoms with Crippen molar-refractivity contribution in [3.63, 3.8) is 0 Å². The van der Waals surface area contributed by atoms with Crippen LogP contribution in [0.5, 0.6) is 0 Å². The van der Waals surface area contributed by atoms with Gasteiger partial charge >= 0.3 is 0 Å². The van der Waals surface area contributed by atoms with Gasteiger partial charge in [0.15, 0.2) is 0 Å². The topological polar surface area (TPSA) is 75.8 Å². The van der Waals surface area contributed by atoms with Gasteiger partial charge in [-0.2, -0.15) is 10.1 Å².